The number of methoxy groups -OCH3 is 1. The summed E-state index contributed by atoms with van der Waals surface area (Å²) in [6, 6.07) is 17.0. The molecule has 1 N–H and O–H groups in total. The molecule has 174 valence electrons. The third kappa shape index (κ3) is 4.46. The van der Waals surface area contributed by atoms with Crippen LogP contribution >= 0.6 is 23.1 Å². The summed E-state index contributed by atoms with van der Waals surface area (Å²) >= 11 is 2.90. The third-order valence-corrected chi connectivity index (χ3v) is 7.07. The van der Waals surface area contributed by atoms with E-state index in [1.165, 1.54) is 11.8 Å². The maximum Gasteiger partial charge on any atom is 0.237 e. The number of ether oxygens (including phenoxy) is 3. The van der Waals surface area contributed by atoms with Gasteiger partial charge in [0.2, 0.25) is 5.91 Å². The van der Waals surface area contributed by atoms with Gasteiger partial charge in [-0.25, -0.2) is 0 Å². The molecule has 3 heterocycles. The molecule has 4 aromatic rings. The van der Waals surface area contributed by atoms with Gasteiger partial charge < -0.3 is 19.5 Å². The van der Waals surface area contributed by atoms with E-state index in [0.717, 1.165) is 10.6 Å². The number of para-hydroxylation sites is 2. The van der Waals surface area contributed by atoms with Gasteiger partial charge in [-0.3, -0.25) is 9.36 Å². The first-order valence-electron chi connectivity index (χ1n) is 10.6. The summed E-state index contributed by atoms with van der Waals surface area (Å²) in [5, 5.41) is 14.0. The molecule has 0 saturated heterocycles. The Morgan fingerprint density at radius 3 is 2.74 bits per heavy atom. The van der Waals surface area contributed by atoms with Crippen LogP contribution in [0, 0.1) is 0 Å². The minimum atomic E-state index is -0.443. The number of thioether (sulfide) groups is 1. The number of carbonyl (C=O) groups is 1. The summed E-state index contributed by atoms with van der Waals surface area (Å²) in [5.41, 5.74) is 1.45. The van der Waals surface area contributed by atoms with Crippen LogP contribution in [0.2, 0.25) is 0 Å². The van der Waals surface area contributed by atoms with Crippen molar-refractivity contribution in [3.05, 3.63) is 60.0 Å². The maximum atomic E-state index is 13.0. The lowest BCUT2D eigenvalue weighted by molar-refractivity contribution is -0.115. The molecule has 1 aliphatic rings. The predicted octanol–water partition coefficient (Wildman–Crippen LogP) is 4.89. The molecule has 1 amide bonds. The Morgan fingerprint density at radius 1 is 1.12 bits per heavy atom. The minimum Gasteiger partial charge on any atom is -0.495 e. The van der Waals surface area contributed by atoms with Gasteiger partial charge in [-0.05, 0) is 42.6 Å². The van der Waals surface area contributed by atoms with Crippen molar-refractivity contribution in [2.75, 3.05) is 25.6 Å². The number of amides is 1. The van der Waals surface area contributed by atoms with E-state index >= 15 is 0 Å². The zero-order valence-corrected chi connectivity index (χ0v) is 20.2. The number of carbonyl (C=O) groups excluding carboxylic acids is 1. The number of hydrogen-bond donors (Lipinski definition) is 1. The Bertz CT molecular complexity index is 1310. The van der Waals surface area contributed by atoms with Gasteiger partial charge in [-0.15, -0.1) is 21.5 Å². The number of thiophene rings is 1. The van der Waals surface area contributed by atoms with Gasteiger partial charge in [-0.2, -0.15) is 0 Å². The summed E-state index contributed by atoms with van der Waals surface area (Å²) in [7, 11) is 1.63. The molecule has 0 spiro atoms. The van der Waals surface area contributed by atoms with Gasteiger partial charge in [-0.1, -0.05) is 30.0 Å². The summed E-state index contributed by atoms with van der Waals surface area (Å²) in [6.07, 6.45) is 0. The van der Waals surface area contributed by atoms with E-state index in [1.807, 2.05) is 53.3 Å². The highest BCUT2D eigenvalue weighted by atomic mass is 32.2. The van der Waals surface area contributed by atoms with Crippen molar-refractivity contribution in [2.45, 2.75) is 17.3 Å². The molecule has 0 fully saturated rings. The number of fused-ring (bicyclic) bond motifs is 1. The molecule has 2 aromatic heterocycles. The second kappa shape index (κ2) is 9.78. The van der Waals surface area contributed by atoms with Crippen molar-refractivity contribution in [3.63, 3.8) is 0 Å². The van der Waals surface area contributed by atoms with Crippen LogP contribution < -0.4 is 19.5 Å². The van der Waals surface area contributed by atoms with E-state index in [4.69, 9.17) is 14.2 Å². The molecule has 34 heavy (non-hydrogen) atoms. The zero-order chi connectivity index (χ0) is 23.5. The molecule has 2 aromatic carbocycles. The van der Waals surface area contributed by atoms with E-state index in [1.54, 1.807) is 36.6 Å². The minimum absolute atomic E-state index is 0.158. The predicted molar refractivity (Wildman–Crippen MR) is 133 cm³/mol. The molecule has 0 bridgehead atoms. The third-order valence-electron chi connectivity index (χ3n) is 5.16. The number of anilines is 1. The zero-order valence-electron chi connectivity index (χ0n) is 18.6. The quantitative estimate of drug-likeness (QED) is 0.366. The van der Waals surface area contributed by atoms with Crippen molar-refractivity contribution in [2.24, 2.45) is 0 Å². The van der Waals surface area contributed by atoms with E-state index in [0.29, 0.717) is 47.1 Å². The molecule has 1 aliphatic heterocycles. The molecule has 1 atom stereocenters. The van der Waals surface area contributed by atoms with Crippen LogP contribution in [-0.2, 0) is 4.79 Å². The van der Waals surface area contributed by atoms with Gasteiger partial charge in [0, 0.05) is 11.8 Å². The van der Waals surface area contributed by atoms with Gasteiger partial charge in [0.1, 0.15) is 19.0 Å². The Labute approximate surface area is 204 Å². The first-order chi connectivity index (χ1) is 16.6. The van der Waals surface area contributed by atoms with Crippen LogP contribution in [0.4, 0.5) is 5.69 Å². The summed E-state index contributed by atoms with van der Waals surface area (Å²) in [6.45, 7) is 2.85. The average molecular weight is 495 g/mol. The van der Waals surface area contributed by atoms with E-state index in [9.17, 15) is 4.79 Å². The Kier molecular flexibility index (Phi) is 6.41. The summed E-state index contributed by atoms with van der Waals surface area (Å²) in [4.78, 5) is 14.0. The Morgan fingerprint density at radius 2 is 1.94 bits per heavy atom. The lowest BCUT2D eigenvalue weighted by Crippen LogP contribution is -2.23. The number of rotatable bonds is 7. The number of nitrogens with zero attached hydrogens (tertiary/aromatic N) is 3. The molecule has 8 nitrogen and oxygen atoms in total. The van der Waals surface area contributed by atoms with E-state index < -0.39 is 5.25 Å². The average Bonchev–Trinajstić information content (AvgIpc) is 3.54. The highest BCUT2D eigenvalue weighted by Gasteiger charge is 2.24. The molecule has 0 saturated carbocycles. The SMILES string of the molecule is COc1ccccc1-n1c(S[C@H](C)C(=O)Nc2ccc3c(c2)OCCO3)nnc1-c1cccs1. The molecule has 5 rings (SSSR count). The van der Waals surface area contributed by atoms with E-state index in [2.05, 4.69) is 15.5 Å². The van der Waals surface area contributed by atoms with Gasteiger partial charge >= 0.3 is 0 Å². The monoisotopic (exact) mass is 494 g/mol. The second-order valence-electron chi connectivity index (χ2n) is 7.40. The lowest BCUT2D eigenvalue weighted by atomic mass is 10.2. The van der Waals surface area contributed by atoms with Gasteiger partial charge in [0.25, 0.3) is 0 Å². The fraction of sp³-hybridized carbons (Fsp3) is 0.208. The van der Waals surface area contributed by atoms with Crippen molar-refractivity contribution < 1.29 is 19.0 Å². The highest BCUT2D eigenvalue weighted by Crippen LogP contribution is 2.36. The van der Waals surface area contributed by atoms with Crippen LogP contribution in [0.1, 0.15) is 6.92 Å². The first-order valence-corrected chi connectivity index (χ1v) is 12.4. The van der Waals surface area contributed by atoms with Crippen molar-refractivity contribution in [3.8, 4) is 33.6 Å². The summed E-state index contributed by atoms with van der Waals surface area (Å²) in [5.74, 6) is 2.53. The number of hydrogen-bond acceptors (Lipinski definition) is 8. The molecule has 0 radical (unpaired) electrons. The highest BCUT2D eigenvalue weighted by molar-refractivity contribution is 8.00. The molecular weight excluding hydrogens is 472 g/mol. The largest absolute Gasteiger partial charge is 0.495 e. The maximum absolute atomic E-state index is 13.0. The van der Waals surface area contributed by atoms with Crippen LogP contribution in [0.15, 0.2) is 65.1 Å². The van der Waals surface area contributed by atoms with E-state index in [-0.39, 0.29) is 5.91 Å². The Balaban J connectivity index is 1.41. The number of aromatic nitrogens is 3. The van der Waals surface area contributed by atoms with Crippen molar-refractivity contribution in [1.82, 2.24) is 14.8 Å². The van der Waals surface area contributed by atoms with Crippen molar-refractivity contribution in [1.29, 1.82) is 0 Å². The fourth-order valence-electron chi connectivity index (χ4n) is 3.52. The Hall–Kier alpha value is -3.50. The van der Waals surface area contributed by atoms with Crippen LogP contribution in [-0.4, -0.2) is 46.2 Å². The number of benzene rings is 2. The molecular formula is C24H22N4O4S2. The first kappa shape index (κ1) is 22.3. The van der Waals surface area contributed by atoms with Gasteiger partial charge in [0.15, 0.2) is 22.5 Å². The number of nitrogens with one attached hydrogen (secondary N) is 1. The van der Waals surface area contributed by atoms with Crippen LogP contribution in [0.5, 0.6) is 17.2 Å². The summed E-state index contributed by atoms with van der Waals surface area (Å²) < 4.78 is 18.7. The molecule has 0 unspecified atom stereocenters. The second-order valence-corrected chi connectivity index (χ2v) is 9.65. The molecule has 0 aliphatic carbocycles. The normalized spacial score (nSPS) is 13.4. The van der Waals surface area contributed by atoms with Gasteiger partial charge in [0.05, 0.1) is 22.9 Å². The van der Waals surface area contributed by atoms with Crippen molar-refractivity contribution >= 4 is 34.7 Å². The molecule has 10 heteroatoms. The standard InChI is InChI=1S/C24H22N4O4S2/c1-15(23(29)25-16-9-10-19-20(14-16)32-12-11-31-19)34-24-27-26-22(21-8-5-13-33-21)28(24)17-6-3-4-7-18(17)30-2/h3-10,13-15H,11-12H2,1-2H3,(H,25,29)/t15-/m1/s1. The van der Waals surface area contributed by atoms with Crippen LogP contribution in [0.25, 0.3) is 16.4 Å². The van der Waals surface area contributed by atoms with Crippen LogP contribution in [0.3, 0.4) is 0 Å². The smallest absolute Gasteiger partial charge is 0.237 e. The lowest BCUT2D eigenvalue weighted by Gasteiger charge is -2.19. The topological polar surface area (TPSA) is 87.5 Å². The fourth-order valence-corrected chi connectivity index (χ4v) is 5.08.